The van der Waals surface area contributed by atoms with Gasteiger partial charge in [-0.2, -0.15) is 5.26 Å². The molecule has 0 saturated carbocycles. The fourth-order valence-electron chi connectivity index (χ4n) is 2.23. The van der Waals surface area contributed by atoms with Crippen LogP contribution < -0.4 is 4.90 Å². The predicted octanol–water partition coefficient (Wildman–Crippen LogP) is 4.51. The third kappa shape index (κ3) is 5.32. The Morgan fingerprint density at radius 2 is 1.92 bits per heavy atom. The van der Waals surface area contributed by atoms with E-state index in [-0.39, 0.29) is 13.0 Å². The largest absolute Gasteiger partial charge is 0.452 e. The summed E-state index contributed by atoms with van der Waals surface area (Å²) in [6, 6.07) is 13.8. The summed E-state index contributed by atoms with van der Waals surface area (Å²) in [7, 11) is 0. The molecule has 0 unspecified atom stereocenters. The Balaban J connectivity index is 2.08. The van der Waals surface area contributed by atoms with E-state index in [1.54, 1.807) is 42.5 Å². The van der Waals surface area contributed by atoms with Crippen molar-refractivity contribution in [3.05, 3.63) is 63.1 Å². The minimum absolute atomic E-state index is 0.161. The Kier molecular flexibility index (Phi) is 7.19. The maximum Gasteiger partial charge on any atom is 0.338 e. The fraction of sp³-hybridized carbons (Fsp3) is 0.211. The molecular weight excluding hydrogens is 420 g/mol. The summed E-state index contributed by atoms with van der Waals surface area (Å²) in [5.41, 5.74) is 1.77. The lowest BCUT2D eigenvalue weighted by molar-refractivity contribution is -0.121. The quantitative estimate of drug-likeness (QED) is 0.626. The zero-order valence-corrected chi connectivity index (χ0v) is 16.4. The van der Waals surface area contributed by atoms with Gasteiger partial charge in [-0.25, -0.2) is 4.79 Å². The van der Waals surface area contributed by atoms with Crippen LogP contribution in [0.5, 0.6) is 0 Å². The second-order valence-electron chi connectivity index (χ2n) is 5.47. The Morgan fingerprint density at radius 3 is 2.54 bits per heavy atom. The van der Waals surface area contributed by atoms with Gasteiger partial charge in [-0.15, -0.1) is 0 Å². The average Bonchev–Trinajstić information content (AvgIpc) is 2.63. The first-order chi connectivity index (χ1) is 12.4. The molecule has 5 nitrogen and oxygen atoms in total. The van der Waals surface area contributed by atoms with E-state index in [1.165, 1.54) is 4.90 Å². The molecule has 2 aromatic carbocycles. The summed E-state index contributed by atoms with van der Waals surface area (Å²) >= 11 is 9.31. The van der Waals surface area contributed by atoms with Gasteiger partial charge >= 0.3 is 5.97 Å². The molecular formula is C19H16BrClN2O3. The standard InChI is InChI=1S/C19H16BrClN2O3/c1-13-11-16(7-8-17(13)21)23(10-2-9-22)18(24)12-26-19(25)14-3-5-15(20)6-4-14/h3-8,11H,2,10,12H2,1H3. The van der Waals surface area contributed by atoms with Crippen molar-refractivity contribution >= 4 is 45.1 Å². The summed E-state index contributed by atoms with van der Waals surface area (Å²) in [4.78, 5) is 26.0. The van der Waals surface area contributed by atoms with Gasteiger partial charge in [0.15, 0.2) is 6.61 Å². The Morgan fingerprint density at radius 1 is 1.23 bits per heavy atom. The summed E-state index contributed by atoms with van der Waals surface area (Å²) in [5.74, 6) is -0.995. The molecule has 2 aromatic rings. The first-order valence-electron chi connectivity index (χ1n) is 7.78. The van der Waals surface area contributed by atoms with Crippen LogP contribution in [0.15, 0.2) is 46.9 Å². The molecule has 1 amide bonds. The van der Waals surface area contributed by atoms with Crippen LogP contribution in [0.1, 0.15) is 22.3 Å². The van der Waals surface area contributed by atoms with Gasteiger partial charge in [-0.1, -0.05) is 27.5 Å². The van der Waals surface area contributed by atoms with Crippen LogP contribution in [0.25, 0.3) is 0 Å². The minimum Gasteiger partial charge on any atom is -0.452 e. The SMILES string of the molecule is Cc1cc(N(CCC#N)C(=O)COC(=O)c2ccc(Br)cc2)ccc1Cl. The molecule has 0 saturated heterocycles. The minimum atomic E-state index is -0.585. The number of nitriles is 1. The summed E-state index contributed by atoms with van der Waals surface area (Å²) < 4.78 is 5.95. The van der Waals surface area contributed by atoms with Crippen molar-refractivity contribution in [1.82, 2.24) is 0 Å². The van der Waals surface area contributed by atoms with E-state index in [1.807, 2.05) is 13.0 Å². The molecule has 7 heteroatoms. The molecule has 0 heterocycles. The highest BCUT2D eigenvalue weighted by Gasteiger charge is 2.18. The van der Waals surface area contributed by atoms with Gasteiger partial charge in [0.05, 0.1) is 18.1 Å². The van der Waals surface area contributed by atoms with Crippen molar-refractivity contribution in [3.8, 4) is 6.07 Å². The van der Waals surface area contributed by atoms with Gasteiger partial charge < -0.3 is 9.64 Å². The molecule has 2 rings (SSSR count). The highest BCUT2D eigenvalue weighted by atomic mass is 79.9. The molecule has 0 spiro atoms. The number of hydrogen-bond donors (Lipinski definition) is 0. The molecule has 0 radical (unpaired) electrons. The normalized spacial score (nSPS) is 10.1. The smallest absolute Gasteiger partial charge is 0.338 e. The van der Waals surface area contributed by atoms with Crippen LogP contribution in [-0.2, 0) is 9.53 Å². The van der Waals surface area contributed by atoms with Gasteiger partial charge in [-0.3, -0.25) is 4.79 Å². The van der Waals surface area contributed by atoms with Crippen LogP contribution in [0.3, 0.4) is 0 Å². The first-order valence-corrected chi connectivity index (χ1v) is 8.95. The van der Waals surface area contributed by atoms with E-state index < -0.39 is 18.5 Å². The Hall–Kier alpha value is -2.36. The third-order valence-electron chi connectivity index (χ3n) is 3.61. The predicted molar refractivity (Wildman–Crippen MR) is 103 cm³/mol. The number of esters is 1. The van der Waals surface area contributed by atoms with E-state index in [2.05, 4.69) is 15.9 Å². The van der Waals surface area contributed by atoms with Crippen molar-refractivity contribution < 1.29 is 14.3 Å². The molecule has 0 aliphatic heterocycles. The number of benzene rings is 2. The lowest BCUT2D eigenvalue weighted by Crippen LogP contribution is -2.35. The summed E-state index contributed by atoms with van der Waals surface area (Å²) in [6.07, 6.45) is 0.161. The van der Waals surface area contributed by atoms with Gasteiger partial charge in [0.1, 0.15) is 0 Å². The summed E-state index contributed by atoms with van der Waals surface area (Å²) in [5, 5.41) is 9.42. The molecule has 0 N–H and O–H groups in total. The molecule has 134 valence electrons. The number of aryl methyl sites for hydroxylation is 1. The van der Waals surface area contributed by atoms with Crippen LogP contribution in [-0.4, -0.2) is 25.0 Å². The molecule has 0 fully saturated rings. The lowest BCUT2D eigenvalue weighted by atomic mass is 10.2. The molecule has 0 aliphatic carbocycles. The maximum atomic E-state index is 12.5. The highest BCUT2D eigenvalue weighted by molar-refractivity contribution is 9.10. The monoisotopic (exact) mass is 434 g/mol. The van der Waals surface area contributed by atoms with E-state index in [9.17, 15) is 9.59 Å². The topological polar surface area (TPSA) is 70.4 Å². The average molecular weight is 436 g/mol. The van der Waals surface area contributed by atoms with Crippen LogP contribution in [0.4, 0.5) is 5.69 Å². The van der Waals surface area contributed by atoms with Gasteiger partial charge in [-0.05, 0) is 55.0 Å². The molecule has 0 atom stereocenters. The van der Waals surface area contributed by atoms with Crippen molar-refractivity contribution in [1.29, 1.82) is 5.26 Å². The second-order valence-corrected chi connectivity index (χ2v) is 6.79. The van der Waals surface area contributed by atoms with Crippen molar-refractivity contribution in [2.45, 2.75) is 13.3 Å². The maximum absolute atomic E-state index is 12.5. The van der Waals surface area contributed by atoms with E-state index in [0.29, 0.717) is 16.3 Å². The van der Waals surface area contributed by atoms with Crippen LogP contribution in [0.2, 0.25) is 5.02 Å². The number of carbonyl (C=O) groups excluding carboxylic acids is 2. The lowest BCUT2D eigenvalue weighted by Gasteiger charge is -2.22. The van der Waals surface area contributed by atoms with Gasteiger partial charge in [0.25, 0.3) is 5.91 Å². The Labute approximate surface area is 165 Å². The first kappa shape index (κ1) is 20.0. The number of hydrogen-bond acceptors (Lipinski definition) is 4. The number of nitrogens with zero attached hydrogens (tertiary/aromatic N) is 2. The summed E-state index contributed by atoms with van der Waals surface area (Å²) in [6.45, 7) is 1.61. The van der Waals surface area contributed by atoms with Crippen LogP contribution >= 0.6 is 27.5 Å². The molecule has 0 aromatic heterocycles. The number of amides is 1. The Bertz CT molecular complexity index is 847. The van der Waals surface area contributed by atoms with Gasteiger partial charge in [0, 0.05) is 21.7 Å². The molecule has 0 bridgehead atoms. The fourth-order valence-corrected chi connectivity index (χ4v) is 2.61. The van der Waals surface area contributed by atoms with Crippen molar-refractivity contribution in [2.24, 2.45) is 0 Å². The zero-order valence-electron chi connectivity index (χ0n) is 14.0. The number of anilines is 1. The van der Waals surface area contributed by atoms with E-state index in [0.717, 1.165) is 10.0 Å². The van der Waals surface area contributed by atoms with Gasteiger partial charge in [0.2, 0.25) is 0 Å². The third-order valence-corrected chi connectivity index (χ3v) is 4.56. The number of ether oxygens (including phenoxy) is 1. The highest BCUT2D eigenvalue weighted by Crippen LogP contribution is 2.23. The van der Waals surface area contributed by atoms with Crippen molar-refractivity contribution in [2.75, 3.05) is 18.1 Å². The number of halogens is 2. The molecule has 26 heavy (non-hydrogen) atoms. The van der Waals surface area contributed by atoms with Crippen LogP contribution in [0, 0.1) is 18.3 Å². The van der Waals surface area contributed by atoms with E-state index in [4.69, 9.17) is 21.6 Å². The van der Waals surface area contributed by atoms with Crippen molar-refractivity contribution in [3.63, 3.8) is 0 Å². The number of rotatable bonds is 6. The zero-order chi connectivity index (χ0) is 19.1. The number of carbonyl (C=O) groups is 2. The second kappa shape index (κ2) is 9.37. The van der Waals surface area contributed by atoms with E-state index >= 15 is 0 Å². The molecule has 0 aliphatic rings.